The molecule has 0 nitrogen and oxygen atoms in total. The van der Waals surface area contributed by atoms with Crippen molar-refractivity contribution in [3.05, 3.63) is 0 Å². The predicted octanol–water partition coefficient (Wildman–Crippen LogP) is 3.11. The molecule has 0 aromatic heterocycles. The van der Waals surface area contributed by atoms with Crippen LogP contribution in [0.5, 0.6) is 0 Å². The van der Waals surface area contributed by atoms with Crippen molar-refractivity contribution in [2.75, 3.05) is 0 Å². The number of thiocarbonyl (C=S) groups is 1. The third-order valence-electron chi connectivity index (χ3n) is 0.823. The summed E-state index contributed by atoms with van der Waals surface area (Å²) >= 11 is 6.91. The van der Waals surface area contributed by atoms with Crippen molar-refractivity contribution < 1.29 is 0 Å². The molecule has 54 valence electrons. The van der Waals surface area contributed by atoms with Gasteiger partial charge in [-0.2, -0.15) is 0 Å². The van der Waals surface area contributed by atoms with E-state index in [2.05, 4.69) is 27.7 Å². The minimum Gasteiger partial charge on any atom is -0.116 e. The van der Waals surface area contributed by atoms with Crippen LogP contribution < -0.4 is 0 Å². The molecule has 0 unspecified atom stereocenters. The molecule has 0 atom stereocenters. The molecule has 0 aromatic carbocycles. The maximum absolute atomic E-state index is 5.12. The molecule has 0 saturated carbocycles. The Hall–Kier alpha value is 0.440. The molecule has 0 saturated heterocycles. The Bertz CT molecular complexity index is 95.1. The Morgan fingerprint density at radius 3 is 1.78 bits per heavy atom. The molecule has 0 amide bonds. The highest BCUT2D eigenvalue weighted by Gasteiger charge is 2.04. The van der Waals surface area contributed by atoms with Crippen molar-refractivity contribution in [1.82, 2.24) is 0 Å². The first-order valence-electron chi connectivity index (χ1n) is 3.24. The fourth-order valence-corrected chi connectivity index (χ4v) is 1.68. The monoisotopic (exact) mass is 162 g/mol. The van der Waals surface area contributed by atoms with Crippen LogP contribution in [0.1, 0.15) is 27.7 Å². The Morgan fingerprint density at radius 1 is 1.22 bits per heavy atom. The smallest absolute Gasteiger partial charge is 0.0506 e. The molecule has 0 aromatic rings. The Kier molecular flexibility index (Phi) is 4.50. The van der Waals surface area contributed by atoms with Gasteiger partial charge in [-0.15, -0.1) is 11.8 Å². The highest BCUT2D eigenvalue weighted by molar-refractivity contribution is 8.23. The molecule has 0 rings (SSSR count). The van der Waals surface area contributed by atoms with E-state index in [-0.39, 0.29) is 0 Å². The van der Waals surface area contributed by atoms with Crippen molar-refractivity contribution in [1.29, 1.82) is 0 Å². The van der Waals surface area contributed by atoms with Gasteiger partial charge in [0.1, 0.15) is 0 Å². The van der Waals surface area contributed by atoms with E-state index in [0.717, 1.165) is 4.20 Å². The average Bonchev–Trinajstić information content (AvgIpc) is 1.63. The second-order valence-electron chi connectivity index (χ2n) is 2.64. The molecule has 0 spiro atoms. The molecule has 0 heterocycles. The average molecular weight is 162 g/mol. The minimum absolute atomic E-state index is 0.549. The first kappa shape index (κ1) is 9.44. The van der Waals surface area contributed by atoms with Crippen molar-refractivity contribution in [3.63, 3.8) is 0 Å². The van der Waals surface area contributed by atoms with Crippen LogP contribution in [0.25, 0.3) is 0 Å². The van der Waals surface area contributed by atoms with Crippen molar-refractivity contribution in [2.24, 2.45) is 5.92 Å². The van der Waals surface area contributed by atoms with Gasteiger partial charge in [-0.05, 0) is 5.92 Å². The molecular weight excluding hydrogens is 148 g/mol. The quantitative estimate of drug-likeness (QED) is 0.572. The second kappa shape index (κ2) is 4.29. The molecule has 9 heavy (non-hydrogen) atoms. The van der Waals surface area contributed by atoms with Crippen LogP contribution in [0.3, 0.4) is 0 Å². The van der Waals surface area contributed by atoms with E-state index in [9.17, 15) is 0 Å². The molecular formula is C7H14S2. The van der Waals surface area contributed by atoms with Crippen LogP contribution in [-0.2, 0) is 0 Å². The first-order chi connectivity index (χ1) is 4.04. The summed E-state index contributed by atoms with van der Waals surface area (Å²) in [5.74, 6) is 0.549. The zero-order chi connectivity index (χ0) is 7.44. The molecule has 0 radical (unpaired) electrons. The molecule has 0 aliphatic heterocycles. The Morgan fingerprint density at radius 2 is 1.67 bits per heavy atom. The molecule has 0 N–H and O–H groups in total. The highest BCUT2D eigenvalue weighted by atomic mass is 32.2. The Labute approximate surface area is 67.4 Å². The van der Waals surface area contributed by atoms with Gasteiger partial charge in [0.25, 0.3) is 0 Å². The van der Waals surface area contributed by atoms with E-state index in [1.54, 1.807) is 11.8 Å². The highest BCUT2D eigenvalue weighted by Crippen LogP contribution is 2.17. The van der Waals surface area contributed by atoms with E-state index in [1.807, 2.05) is 0 Å². The first-order valence-corrected chi connectivity index (χ1v) is 4.53. The summed E-state index contributed by atoms with van der Waals surface area (Å²) in [7, 11) is 0. The van der Waals surface area contributed by atoms with Gasteiger partial charge in [-0.3, -0.25) is 0 Å². The lowest BCUT2D eigenvalue weighted by atomic mass is 10.3. The van der Waals surface area contributed by atoms with E-state index in [4.69, 9.17) is 12.2 Å². The summed E-state index contributed by atoms with van der Waals surface area (Å²) in [6.07, 6.45) is 0. The van der Waals surface area contributed by atoms with E-state index in [1.165, 1.54) is 0 Å². The summed E-state index contributed by atoms with van der Waals surface area (Å²) in [5.41, 5.74) is 0. The minimum atomic E-state index is 0.549. The van der Waals surface area contributed by atoms with Crippen molar-refractivity contribution >= 4 is 28.2 Å². The lowest BCUT2D eigenvalue weighted by molar-refractivity contribution is 0.914. The predicted molar refractivity (Wildman–Crippen MR) is 50.2 cm³/mol. The van der Waals surface area contributed by atoms with Crippen LogP contribution in [0, 0.1) is 5.92 Å². The van der Waals surface area contributed by atoms with Crippen LogP contribution in [0.4, 0.5) is 0 Å². The number of hydrogen-bond donors (Lipinski definition) is 0. The normalized spacial score (nSPS) is 10.9. The third kappa shape index (κ3) is 4.91. The van der Waals surface area contributed by atoms with Gasteiger partial charge in [-0.1, -0.05) is 39.9 Å². The molecule has 0 fully saturated rings. The fourth-order valence-electron chi connectivity index (χ4n) is 0.368. The van der Waals surface area contributed by atoms with Gasteiger partial charge in [0, 0.05) is 5.25 Å². The van der Waals surface area contributed by atoms with Crippen LogP contribution in [-0.4, -0.2) is 9.45 Å². The zero-order valence-electron chi connectivity index (χ0n) is 6.47. The maximum Gasteiger partial charge on any atom is 0.0506 e. The Balaban J connectivity index is 3.51. The SMILES string of the molecule is CC(C)SC(=S)C(C)C. The van der Waals surface area contributed by atoms with E-state index >= 15 is 0 Å². The lowest BCUT2D eigenvalue weighted by Gasteiger charge is -2.08. The third-order valence-corrected chi connectivity index (χ3v) is 2.76. The summed E-state index contributed by atoms with van der Waals surface area (Å²) in [6, 6.07) is 0. The maximum atomic E-state index is 5.12. The van der Waals surface area contributed by atoms with E-state index in [0.29, 0.717) is 11.2 Å². The summed E-state index contributed by atoms with van der Waals surface area (Å²) in [4.78, 5) is 0. The molecule has 2 heteroatoms. The summed E-state index contributed by atoms with van der Waals surface area (Å²) < 4.78 is 1.13. The fraction of sp³-hybridized carbons (Fsp3) is 0.857. The standard InChI is InChI=1S/C7H14S2/c1-5(2)7(8)9-6(3)4/h5-6H,1-4H3. The largest absolute Gasteiger partial charge is 0.116 e. The van der Waals surface area contributed by atoms with E-state index < -0.39 is 0 Å². The molecule has 0 aliphatic carbocycles. The van der Waals surface area contributed by atoms with Gasteiger partial charge in [-0.25, -0.2) is 0 Å². The lowest BCUT2D eigenvalue weighted by Crippen LogP contribution is -2.02. The number of rotatable bonds is 2. The number of hydrogen-bond acceptors (Lipinski definition) is 2. The van der Waals surface area contributed by atoms with Crippen LogP contribution in [0.15, 0.2) is 0 Å². The second-order valence-corrected chi connectivity index (χ2v) is 4.96. The van der Waals surface area contributed by atoms with Gasteiger partial charge in [0.05, 0.1) is 4.20 Å². The van der Waals surface area contributed by atoms with Crippen molar-refractivity contribution in [2.45, 2.75) is 32.9 Å². The van der Waals surface area contributed by atoms with Gasteiger partial charge >= 0.3 is 0 Å². The summed E-state index contributed by atoms with van der Waals surface area (Å²) in [5, 5.41) is 0.639. The summed E-state index contributed by atoms with van der Waals surface area (Å²) in [6.45, 7) is 8.61. The zero-order valence-corrected chi connectivity index (χ0v) is 8.10. The van der Waals surface area contributed by atoms with Crippen molar-refractivity contribution in [3.8, 4) is 0 Å². The van der Waals surface area contributed by atoms with Gasteiger partial charge < -0.3 is 0 Å². The molecule has 0 bridgehead atoms. The van der Waals surface area contributed by atoms with Gasteiger partial charge in [0.2, 0.25) is 0 Å². The van der Waals surface area contributed by atoms with Gasteiger partial charge in [0.15, 0.2) is 0 Å². The number of thioether (sulfide) groups is 1. The molecule has 0 aliphatic rings. The van der Waals surface area contributed by atoms with Crippen LogP contribution in [0.2, 0.25) is 0 Å². The topological polar surface area (TPSA) is 0 Å². The van der Waals surface area contributed by atoms with Crippen LogP contribution >= 0.6 is 24.0 Å².